The predicted molar refractivity (Wildman–Crippen MR) is 112 cm³/mol. The van der Waals surface area contributed by atoms with Gasteiger partial charge in [0.1, 0.15) is 5.75 Å². The van der Waals surface area contributed by atoms with Crippen LogP contribution in [0.3, 0.4) is 0 Å². The highest BCUT2D eigenvalue weighted by atomic mass is 35.5. The van der Waals surface area contributed by atoms with Crippen molar-refractivity contribution in [2.45, 2.75) is 19.9 Å². The Kier molecular flexibility index (Phi) is 5.98. The van der Waals surface area contributed by atoms with Crippen LogP contribution >= 0.6 is 23.8 Å². The second-order valence-electron chi connectivity index (χ2n) is 6.01. The summed E-state index contributed by atoms with van der Waals surface area (Å²) in [5.41, 5.74) is 2.71. The van der Waals surface area contributed by atoms with Gasteiger partial charge in [0, 0.05) is 5.70 Å². The number of para-hydroxylation sites is 1. The number of ether oxygens (including phenoxy) is 1. The van der Waals surface area contributed by atoms with Gasteiger partial charge >= 0.3 is 0 Å². The standard InChI is InChI=1S/C20H20ClN3O2S/c1-3-26-14-10-8-13(9-11-14)18-17(12(2)22-20(27)24-18)19(25)23-16-7-5-4-6-15(16)21/h4-11,18H,3H2,1-2H3,(H,23,25)(H2,22,24,27). The second-order valence-corrected chi connectivity index (χ2v) is 6.82. The molecule has 0 saturated carbocycles. The highest BCUT2D eigenvalue weighted by molar-refractivity contribution is 7.80. The third-order valence-electron chi connectivity index (χ3n) is 4.16. The van der Waals surface area contributed by atoms with Crippen molar-refractivity contribution in [1.82, 2.24) is 10.6 Å². The molecule has 0 fully saturated rings. The molecule has 0 saturated heterocycles. The van der Waals surface area contributed by atoms with E-state index in [-0.39, 0.29) is 11.9 Å². The van der Waals surface area contributed by atoms with Crippen molar-refractivity contribution < 1.29 is 9.53 Å². The number of thiocarbonyl (C=S) groups is 1. The topological polar surface area (TPSA) is 62.4 Å². The second kappa shape index (κ2) is 8.41. The summed E-state index contributed by atoms with van der Waals surface area (Å²) in [7, 11) is 0. The van der Waals surface area contributed by atoms with Gasteiger partial charge in [-0.2, -0.15) is 0 Å². The van der Waals surface area contributed by atoms with Gasteiger partial charge in [-0.3, -0.25) is 4.79 Å². The molecular weight excluding hydrogens is 382 g/mol. The first-order valence-electron chi connectivity index (χ1n) is 8.56. The lowest BCUT2D eigenvalue weighted by atomic mass is 9.95. The third kappa shape index (κ3) is 4.40. The zero-order valence-electron chi connectivity index (χ0n) is 15.0. The zero-order valence-corrected chi connectivity index (χ0v) is 16.6. The number of hydrogen-bond acceptors (Lipinski definition) is 3. The normalized spacial score (nSPS) is 16.4. The van der Waals surface area contributed by atoms with E-state index >= 15 is 0 Å². The molecular formula is C20H20ClN3O2S. The molecule has 140 valence electrons. The molecule has 0 aromatic heterocycles. The van der Waals surface area contributed by atoms with Gasteiger partial charge in [0.25, 0.3) is 5.91 Å². The van der Waals surface area contributed by atoms with Crippen molar-refractivity contribution >= 4 is 40.5 Å². The van der Waals surface area contributed by atoms with Crippen molar-refractivity contribution in [3.05, 3.63) is 70.4 Å². The maximum absolute atomic E-state index is 13.0. The van der Waals surface area contributed by atoms with E-state index in [1.807, 2.05) is 50.2 Å². The smallest absolute Gasteiger partial charge is 0.255 e. The maximum Gasteiger partial charge on any atom is 0.255 e. The SMILES string of the molecule is CCOc1ccc(C2NC(=S)NC(C)=C2C(=O)Nc2ccccc2Cl)cc1. The highest BCUT2D eigenvalue weighted by Gasteiger charge is 2.30. The lowest BCUT2D eigenvalue weighted by molar-refractivity contribution is -0.113. The fourth-order valence-electron chi connectivity index (χ4n) is 2.92. The van der Waals surface area contributed by atoms with Crippen molar-refractivity contribution in [1.29, 1.82) is 0 Å². The summed E-state index contributed by atoms with van der Waals surface area (Å²) < 4.78 is 5.49. The first kappa shape index (κ1) is 19.2. The van der Waals surface area contributed by atoms with E-state index in [4.69, 9.17) is 28.6 Å². The first-order valence-corrected chi connectivity index (χ1v) is 9.35. The van der Waals surface area contributed by atoms with Crippen molar-refractivity contribution in [2.24, 2.45) is 0 Å². The van der Waals surface area contributed by atoms with Crippen LogP contribution in [0.1, 0.15) is 25.5 Å². The molecule has 7 heteroatoms. The fraction of sp³-hybridized carbons (Fsp3) is 0.200. The predicted octanol–water partition coefficient (Wildman–Crippen LogP) is 4.17. The van der Waals surface area contributed by atoms with Gasteiger partial charge in [-0.15, -0.1) is 0 Å². The molecule has 1 heterocycles. The average Bonchev–Trinajstić information content (AvgIpc) is 2.64. The molecule has 5 nitrogen and oxygen atoms in total. The summed E-state index contributed by atoms with van der Waals surface area (Å²) in [4.78, 5) is 13.0. The Hall–Kier alpha value is -2.57. The van der Waals surface area contributed by atoms with Gasteiger partial charge in [-0.05, 0) is 55.9 Å². The van der Waals surface area contributed by atoms with Gasteiger partial charge in [0.2, 0.25) is 0 Å². The number of benzene rings is 2. The number of carbonyl (C=O) groups is 1. The Morgan fingerprint density at radius 3 is 2.59 bits per heavy atom. The van der Waals surface area contributed by atoms with Crippen LogP contribution in [0.5, 0.6) is 5.75 Å². The van der Waals surface area contributed by atoms with Gasteiger partial charge in [-0.1, -0.05) is 35.9 Å². The molecule has 27 heavy (non-hydrogen) atoms. The minimum Gasteiger partial charge on any atom is -0.494 e. The number of allylic oxidation sites excluding steroid dienone is 1. The van der Waals surface area contributed by atoms with Gasteiger partial charge in [0.05, 0.1) is 28.9 Å². The highest BCUT2D eigenvalue weighted by Crippen LogP contribution is 2.30. The van der Waals surface area contributed by atoms with Crippen LogP contribution in [0.2, 0.25) is 5.02 Å². The number of amides is 1. The summed E-state index contributed by atoms with van der Waals surface area (Å²) in [5.74, 6) is 0.530. The van der Waals surface area contributed by atoms with Crippen LogP contribution in [0, 0.1) is 0 Å². The largest absolute Gasteiger partial charge is 0.494 e. The summed E-state index contributed by atoms with van der Waals surface area (Å²) in [6, 6.07) is 14.4. The fourth-order valence-corrected chi connectivity index (χ4v) is 3.37. The Morgan fingerprint density at radius 1 is 1.22 bits per heavy atom. The molecule has 1 aliphatic heterocycles. The first-order chi connectivity index (χ1) is 13.0. The molecule has 1 aliphatic rings. The van der Waals surface area contributed by atoms with E-state index in [0.29, 0.717) is 33.7 Å². The maximum atomic E-state index is 13.0. The molecule has 3 rings (SSSR count). The van der Waals surface area contributed by atoms with Gasteiger partial charge in [0.15, 0.2) is 5.11 Å². The lowest BCUT2D eigenvalue weighted by Gasteiger charge is -2.30. The Morgan fingerprint density at radius 2 is 1.93 bits per heavy atom. The molecule has 3 N–H and O–H groups in total. The van der Waals surface area contributed by atoms with Crippen LogP contribution < -0.4 is 20.7 Å². The van der Waals surface area contributed by atoms with Crippen molar-refractivity contribution in [2.75, 3.05) is 11.9 Å². The molecule has 0 aliphatic carbocycles. The lowest BCUT2D eigenvalue weighted by Crippen LogP contribution is -2.45. The summed E-state index contributed by atoms with van der Waals surface area (Å²) >= 11 is 11.5. The van der Waals surface area contributed by atoms with Crippen LogP contribution in [0.25, 0.3) is 0 Å². The van der Waals surface area contributed by atoms with E-state index < -0.39 is 0 Å². The number of halogens is 1. The van der Waals surface area contributed by atoms with E-state index in [0.717, 1.165) is 11.3 Å². The van der Waals surface area contributed by atoms with Crippen LogP contribution in [-0.4, -0.2) is 17.6 Å². The third-order valence-corrected chi connectivity index (χ3v) is 4.71. The number of nitrogens with one attached hydrogen (secondary N) is 3. The molecule has 1 unspecified atom stereocenters. The minimum absolute atomic E-state index is 0.248. The van der Waals surface area contributed by atoms with Crippen molar-refractivity contribution in [3.8, 4) is 5.75 Å². The van der Waals surface area contributed by atoms with Gasteiger partial charge < -0.3 is 20.7 Å². The number of hydrogen-bond donors (Lipinski definition) is 3. The van der Waals surface area contributed by atoms with Gasteiger partial charge in [-0.25, -0.2) is 0 Å². The number of anilines is 1. The Balaban J connectivity index is 1.91. The molecule has 0 radical (unpaired) electrons. The van der Waals surface area contributed by atoms with E-state index in [9.17, 15) is 4.79 Å². The molecule has 1 amide bonds. The molecule has 0 bridgehead atoms. The van der Waals surface area contributed by atoms with Crippen molar-refractivity contribution in [3.63, 3.8) is 0 Å². The average molecular weight is 402 g/mol. The molecule has 0 spiro atoms. The number of rotatable bonds is 5. The van der Waals surface area contributed by atoms with Crippen LogP contribution in [0.15, 0.2) is 59.8 Å². The summed E-state index contributed by atoms with van der Waals surface area (Å²) in [6.45, 7) is 4.36. The van der Waals surface area contributed by atoms with Crippen LogP contribution in [0.4, 0.5) is 5.69 Å². The van der Waals surface area contributed by atoms with E-state index in [1.54, 1.807) is 12.1 Å². The zero-order chi connectivity index (χ0) is 19.4. The minimum atomic E-state index is -0.378. The van der Waals surface area contributed by atoms with E-state index in [2.05, 4.69) is 16.0 Å². The Bertz CT molecular complexity index is 896. The summed E-state index contributed by atoms with van der Waals surface area (Å²) in [5, 5.41) is 10.0. The van der Waals surface area contributed by atoms with E-state index in [1.165, 1.54) is 0 Å². The molecule has 1 atom stereocenters. The molecule has 2 aromatic carbocycles. The monoisotopic (exact) mass is 401 g/mol. The van der Waals surface area contributed by atoms with Crippen LogP contribution in [-0.2, 0) is 4.79 Å². The molecule has 2 aromatic rings. The number of carbonyl (C=O) groups excluding carboxylic acids is 1. The quantitative estimate of drug-likeness (QED) is 0.656. The summed E-state index contributed by atoms with van der Waals surface area (Å²) in [6.07, 6.45) is 0. The Labute approximate surface area is 168 Å².